The highest BCUT2D eigenvalue weighted by Crippen LogP contribution is 2.29. The molecule has 1 aliphatic rings. The minimum atomic E-state index is -3.44. The number of nitrogens with one attached hydrogen (secondary N) is 2. The van der Waals surface area contributed by atoms with Gasteiger partial charge in [0.25, 0.3) is 0 Å². The van der Waals surface area contributed by atoms with Gasteiger partial charge in [-0.2, -0.15) is 11.8 Å². The molecule has 6 heteroatoms. The zero-order valence-electron chi connectivity index (χ0n) is 12.8. The maximum atomic E-state index is 12.6. The summed E-state index contributed by atoms with van der Waals surface area (Å²) in [4.78, 5) is 0.355. The molecule has 2 rings (SSSR count). The van der Waals surface area contributed by atoms with E-state index < -0.39 is 10.0 Å². The van der Waals surface area contributed by atoms with Crippen LogP contribution in [-0.4, -0.2) is 33.0 Å². The van der Waals surface area contributed by atoms with Crippen LogP contribution in [0.25, 0.3) is 0 Å². The molecule has 1 aliphatic carbocycles. The Hall–Kier alpha value is -0.560. The van der Waals surface area contributed by atoms with Crippen LogP contribution in [-0.2, 0) is 10.0 Å². The fourth-order valence-electron chi connectivity index (χ4n) is 2.73. The van der Waals surface area contributed by atoms with Crippen molar-refractivity contribution in [3.05, 3.63) is 29.8 Å². The third-order valence-corrected chi connectivity index (χ3v) is 6.82. The Bertz CT molecular complexity index is 575. The van der Waals surface area contributed by atoms with Gasteiger partial charge in [-0.05, 0) is 50.8 Å². The van der Waals surface area contributed by atoms with E-state index in [2.05, 4.69) is 10.0 Å². The van der Waals surface area contributed by atoms with Crippen LogP contribution in [0.1, 0.15) is 37.8 Å². The van der Waals surface area contributed by atoms with Crippen molar-refractivity contribution < 1.29 is 8.42 Å². The lowest BCUT2D eigenvalue weighted by Gasteiger charge is -2.20. The number of rotatable bonds is 6. The fourth-order valence-corrected chi connectivity index (χ4v) is 5.11. The number of sulfonamides is 1. The van der Waals surface area contributed by atoms with Crippen molar-refractivity contribution >= 4 is 21.8 Å². The summed E-state index contributed by atoms with van der Waals surface area (Å²) >= 11 is 1.75. The molecule has 0 radical (unpaired) electrons. The Morgan fingerprint density at radius 2 is 2.10 bits per heavy atom. The molecule has 118 valence electrons. The molecule has 4 nitrogen and oxygen atoms in total. The van der Waals surface area contributed by atoms with Crippen molar-refractivity contribution in [3.63, 3.8) is 0 Å². The van der Waals surface area contributed by atoms with Gasteiger partial charge in [0.2, 0.25) is 10.0 Å². The molecule has 0 aliphatic heterocycles. The van der Waals surface area contributed by atoms with E-state index in [1.54, 1.807) is 30.0 Å². The molecule has 1 aromatic carbocycles. The van der Waals surface area contributed by atoms with Crippen molar-refractivity contribution in [2.45, 2.75) is 48.4 Å². The molecule has 1 fully saturated rings. The lowest BCUT2D eigenvalue weighted by molar-refractivity contribution is 0.554. The van der Waals surface area contributed by atoms with Crippen LogP contribution in [0.3, 0.4) is 0 Å². The molecule has 0 spiro atoms. The summed E-state index contributed by atoms with van der Waals surface area (Å²) in [6, 6.07) is 7.35. The summed E-state index contributed by atoms with van der Waals surface area (Å²) in [5.74, 6) is 0. The summed E-state index contributed by atoms with van der Waals surface area (Å²) in [6.07, 6.45) is 5.16. The number of benzene rings is 1. The minimum Gasteiger partial charge on any atom is -0.313 e. The summed E-state index contributed by atoms with van der Waals surface area (Å²) < 4.78 is 28.0. The quantitative estimate of drug-likeness (QED) is 0.842. The number of thioether (sulfide) groups is 1. The van der Waals surface area contributed by atoms with Gasteiger partial charge in [-0.1, -0.05) is 18.6 Å². The molecule has 1 aromatic rings. The topological polar surface area (TPSA) is 58.2 Å². The van der Waals surface area contributed by atoms with Crippen LogP contribution in [0.4, 0.5) is 0 Å². The van der Waals surface area contributed by atoms with Crippen LogP contribution in [0.2, 0.25) is 0 Å². The molecule has 3 atom stereocenters. The smallest absolute Gasteiger partial charge is 0.240 e. The lowest BCUT2D eigenvalue weighted by Crippen LogP contribution is -2.38. The SMILES string of the molecule is CNC(C)c1cccc(S(=O)(=O)NC2CCCC2SC)c1. The Labute approximate surface area is 132 Å². The Morgan fingerprint density at radius 3 is 2.76 bits per heavy atom. The van der Waals surface area contributed by atoms with Gasteiger partial charge in [0.05, 0.1) is 4.90 Å². The summed E-state index contributed by atoms with van der Waals surface area (Å²) in [7, 11) is -1.58. The third kappa shape index (κ3) is 4.00. The van der Waals surface area contributed by atoms with Crippen LogP contribution in [0, 0.1) is 0 Å². The normalized spacial score (nSPS) is 24.1. The van der Waals surface area contributed by atoms with Crippen LogP contribution < -0.4 is 10.0 Å². The van der Waals surface area contributed by atoms with E-state index in [4.69, 9.17) is 0 Å². The molecule has 2 N–H and O–H groups in total. The second-order valence-corrected chi connectivity index (χ2v) is 8.31. The molecule has 0 aromatic heterocycles. The molecule has 0 saturated heterocycles. The largest absolute Gasteiger partial charge is 0.313 e. The Kier molecular flexibility index (Phi) is 5.71. The molecule has 0 amide bonds. The zero-order valence-corrected chi connectivity index (χ0v) is 14.4. The summed E-state index contributed by atoms with van der Waals surface area (Å²) in [5, 5.41) is 3.52. The van der Waals surface area contributed by atoms with Gasteiger partial charge < -0.3 is 5.32 Å². The van der Waals surface area contributed by atoms with Gasteiger partial charge in [-0.3, -0.25) is 0 Å². The van der Waals surface area contributed by atoms with Crippen molar-refractivity contribution in [1.82, 2.24) is 10.0 Å². The standard InChI is InChI=1S/C15H24N2O2S2/c1-11(16-2)12-6-4-7-13(10-12)21(18,19)17-14-8-5-9-15(14)20-3/h4,6-7,10-11,14-17H,5,8-9H2,1-3H3. The molecule has 21 heavy (non-hydrogen) atoms. The average Bonchev–Trinajstić information content (AvgIpc) is 2.93. The van der Waals surface area contributed by atoms with Gasteiger partial charge >= 0.3 is 0 Å². The second kappa shape index (κ2) is 7.13. The molecular formula is C15H24N2O2S2. The van der Waals surface area contributed by atoms with E-state index >= 15 is 0 Å². The molecule has 1 saturated carbocycles. The van der Waals surface area contributed by atoms with Gasteiger partial charge in [0, 0.05) is 17.3 Å². The van der Waals surface area contributed by atoms with Gasteiger partial charge in [0.15, 0.2) is 0 Å². The van der Waals surface area contributed by atoms with E-state index in [0.717, 1.165) is 24.8 Å². The highest BCUT2D eigenvalue weighted by atomic mass is 32.2. The average molecular weight is 329 g/mol. The Morgan fingerprint density at radius 1 is 1.33 bits per heavy atom. The maximum absolute atomic E-state index is 12.6. The van der Waals surface area contributed by atoms with Crippen LogP contribution in [0.5, 0.6) is 0 Å². The van der Waals surface area contributed by atoms with E-state index in [9.17, 15) is 8.42 Å². The van der Waals surface area contributed by atoms with Crippen molar-refractivity contribution in [1.29, 1.82) is 0 Å². The van der Waals surface area contributed by atoms with E-state index in [0.29, 0.717) is 10.1 Å². The van der Waals surface area contributed by atoms with Gasteiger partial charge in [-0.25, -0.2) is 13.1 Å². The fraction of sp³-hybridized carbons (Fsp3) is 0.600. The van der Waals surface area contributed by atoms with Crippen molar-refractivity contribution in [2.24, 2.45) is 0 Å². The number of hydrogen-bond donors (Lipinski definition) is 2. The molecule has 0 heterocycles. The highest BCUT2D eigenvalue weighted by Gasteiger charge is 2.30. The van der Waals surface area contributed by atoms with Crippen LogP contribution in [0.15, 0.2) is 29.2 Å². The maximum Gasteiger partial charge on any atom is 0.240 e. The van der Waals surface area contributed by atoms with E-state index in [-0.39, 0.29) is 12.1 Å². The first-order valence-corrected chi connectivity index (χ1v) is 10.1. The van der Waals surface area contributed by atoms with Crippen molar-refractivity contribution in [3.8, 4) is 0 Å². The summed E-state index contributed by atoms with van der Waals surface area (Å²) in [5.41, 5.74) is 0.980. The third-order valence-electron chi connectivity index (χ3n) is 4.16. The van der Waals surface area contributed by atoms with Gasteiger partial charge in [-0.15, -0.1) is 0 Å². The predicted molar refractivity (Wildman–Crippen MR) is 89.2 cm³/mol. The predicted octanol–water partition coefficient (Wildman–Crippen LogP) is 2.53. The monoisotopic (exact) mass is 328 g/mol. The van der Waals surface area contributed by atoms with Crippen molar-refractivity contribution in [2.75, 3.05) is 13.3 Å². The van der Waals surface area contributed by atoms with Gasteiger partial charge in [0.1, 0.15) is 0 Å². The Balaban J connectivity index is 2.19. The first-order chi connectivity index (χ1) is 9.97. The summed E-state index contributed by atoms with van der Waals surface area (Å²) in [6.45, 7) is 2.01. The first-order valence-electron chi connectivity index (χ1n) is 7.30. The second-order valence-electron chi connectivity index (χ2n) is 5.52. The minimum absolute atomic E-state index is 0.0513. The highest BCUT2D eigenvalue weighted by molar-refractivity contribution is 7.99. The van der Waals surface area contributed by atoms with E-state index in [1.807, 2.05) is 26.3 Å². The zero-order chi connectivity index (χ0) is 15.5. The number of hydrogen-bond acceptors (Lipinski definition) is 4. The van der Waals surface area contributed by atoms with E-state index in [1.165, 1.54) is 0 Å². The molecule has 0 bridgehead atoms. The first kappa shape index (κ1) is 16.8. The molecular weight excluding hydrogens is 304 g/mol. The molecule has 3 unspecified atom stereocenters. The lowest BCUT2D eigenvalue weighted by atomic mass is 10.1. The van der Waals surface area contributed by atoms with Crippen LogP contribution >= 0.6 is 11.8 Å².